The predicted molar refractivity (Wildman–Crippen MR) is 84.0 cm³/mol. The number of Topliss-reactive ketones (excluding diaryl/α,β-unsaturated/α-hetero) is 1. The first-order valence-electron chi connectivity index (χ1n) is 6.19. The highest BCUT2D eigenvalue weighted by molar-refractivity contribution is 8.13. The number of aliphatic imine (C=N–C) groups is 1. The third-order valence-corrected chi connectivity index (χ3v) is 3.27. The average Bonchev–Trinajstić information content (AvgIpc) is 2.33. The van der Waals surface area contributed by atoms with Gasteiger partial charge in [-0.2, -0.15) is 4.99 Å². The molecule has 0 aromatic heterocycles. The number of amidine groups is 1. The summed E-state index contributed by atoms with van der Waals surface area (Å²) in [7, 11) is 0. The summed E-state index contributed by atoms with van der Waals surface area (Å²) in [6, 6.07) is 0. The van der Waals surface area contributed by atoms with Crippen molar-refractivity contribution in [1.82, 2.24) is 4.90 Å². The van der Waals surface area contributed by atoms with Crippen molar-refractivity contribution in [1.29, 1.82) is 0 Å². The number of thioether (sulfide) groups is 1. The fourth-order valence-corrected chi connectivity index (χ4v) is 1.96. The van der Waals surface area contributed by atoms with Gasteiger partial charge in [0.05, 0.1) is 0 Å². The third-order valence-electron chi connectivity index (χ3n) is 2.50. The quantitative estimate of drug-likeness (QED) is 0.439. The van der Waals surface area contributed by atoms with Crippen LogP contribution in [0, 0.1) is 5.92 Å². The molecule has 0 aliphatic heterocycles. The fourth-order valence-electron chi connectivity index (χ4n) is 1.25. The van der Waals surface area contributed by atoms with Crippen LogP contribution in [-0.4, -0.2) is 47.1 Å². The van der Waals surface area contributed by atoms with E-state index in [1.165, 1.54) is 11.8 Å². The molecule has 2 N–H and O–H groups in total. The van der Waals surface area contributed by atoms with E-state index in [1.807, 2.05) is 0 Å². The van der Waals surface area contributed by atoms with Crippen LogP contribution >= 0.6 is 24.2 Å². The van der Waals surface area contributed by atoms with Crippen molar-refractivity contribution in [3.05, 3.63) is 0 Å². The molecule has 0 aromatic rings. The Bertz CT molecular complexity index is 318. The number of hydrogen-bond donors (Lipinski definition) is 1. The minimum absolute atomic E-state index is 0. The summed E-state index contributed by atoms with van der Waals surface area (Å²) in [6.45, 7) is 10.4. The zero-order chi connectivity index (χ0) is 14.1. The van der Waals surface area contributed by atoms with Gasteiger partial charge in [-0.3, -0.25) is 9.59 Å². The summed E-state index contributed by atoms with van der Waals surface area (Å²) in [6.07, 6.45) is 0. The lowest BCUT2D eigenvalue weighted by Crippen LogP contribution is -2.26. The number of carbonyl (C=O) groups excluding carboxylic acids is 2. The van der Waals surface area contributed by atoms with Crippen LogP contribution < -0.4 is 5.73 Å². The molecular weight excluding hydrogens is 286 g/mol. The summed E-state index contributed by atoms with van der Waals surface area (Å²) in [5.41, 5.74) is 5.60. The highest BCUT2D eigenvalue weighted by atomic mass is 35.5. The molecule has 0 aromatic carbocycles. The van der Waals surface area contributed by atoms with Gasteiger partial charge in [0.1, 0.15) is 0 Å². The Hall–Kier alpha value is -0.590. The lowest BCUT2D eigenvalue weighted by molar-refractivity contribution is -0.137. The van der Waals surface area contributed by atoms with E-state index < -0.39 is 11.7 Å². The molecule has 0 spiro atoms. The van der Waals surface area contributed by atoms with Crippen LogP contribution in [-0.2, 0) is 9.59 Å². The zero-order valence-electron chi connectivity index (χ0n) is 12.0. The molecule has 0 unspecified atom stereocenters. The average molecular weight is 310 g/mol. The lowest BCUT2D eigenvalue weighted by atomic mass is 10.1. The topological polar surface area (TPSA) is 75.8 Å². The van der Waals surface area contributed by atoms with Crippen LogP contribution in [0.25, 0.3) is 0 Å². The molecule has 0 rings (SSSR count). The van der Waals surface area contributed by atoms with E-state index in [-0.39, 0.29) is 23.5 Å². The number of nitrogens with zero attached hydrogens (tertiary/aromatic N) is 2. The van der Waals surface area contributed by atoms with Crippen LogP contribution in [0.3, 0.4) is 0 Å². The number of halogens is 1. The number of ketones is 1. The second-order valence-electron chi connectivity index (χ2n) is 4.15. The molecule has 7 heteroatoms. The molecule has 0 aliphatic rings. The summed E-state index contributed by atoms with van der Waals surface area (Å²) >= 11 is 1.31. The third kappa shape index (κ3) is 9.02. The molecule has 0 heterocycles. The van der Waals surface area contributed by atoms with E-state index in [9.17, 15) is 9.59 Å². The fraction of sp³-hybridized carbons (Fsp3) is 0.750. The zero-order valence-corrected chi connectivity index (χ0v) is 13.6. The first kappa shape index (κ1) is 20.7. The standard InChI is InChI=1S/C12H23N3O2S.ClH/c1-5-15(6-2)7-8-18-12(13)14-11(17)10(16)9(3)4;/h9H,5-8H2,1-4H3,(H2,13,14,17);1H. The summed E-state index contributed by atoms with van der Waals surface area (Å²) < 4.78 is 0. The van der Waals surface area contributed by atoms with Crippen LogP contribution in [0.4, 0.5) is 0 Å². The number of amides is 1. The van der Waals surface area contributed by atoms with Gasteiger partial charge >= 0.3 is 5.91 Å². The van der Waals surface area contributed by atoms with Gasteiger partial charge in [0, 0.05) is 18.2 Å². The number of nitrogens with two attached hydrogens (primary N) is 1. The van der Waals surface area contributed by atoms with Crippen molar-refractivity contribution in [3.8, 4) is 0 Å². The van der Waals surface area contributed by atoms with Crippen LogP contribution in [0.5, 0.6) is 0 Å². The van der Waals surface area contributed by atoms with E-state index in [1.54, 1.807) is 13.8 Å². The number of carbonyl (C=O) groups is 2. The molecule has 0 radical (unpaired) electrons. The van der Waals surface area contributed by atoms with Gasteiger partial charge in [-0.1, -0.05) is 39.5 Å². The van der Waals surface area contributed by atoms with Crippen molar-refractivity contribution in [3.63, 3.8) is 0 Å². The Morgan fingerprint density at radius 2 is 1.79 bits per heavy atom. The van der Waals surface area contributed by atoms with Gasteiger partial charge < -0.3 is 10.6 Å². The SMILES string of the molecule is CCN(CC)CCSC(N)=NC(=O)C(=O)C(C)C.Cl. The second-order valence-corrected chi connectivity index (χ2v) is 5.26. The normalized spacial score (nSPS) is 11.6. The summed E-state index contributed by atoms with van der Waals surface area (Å²) in [4.78, 5) is 28.5. The minimum atomic E-state index is -0.752. The van der Waals surface area contributed by atoms with E-state index in [0.717, 1.165) is 25.4 Å². The van der Waals surface area contributed by atoms with Gasteiger partial charge in [-0.25, -0.2) is 0 Å². The summed E-state index contributed by atoms with van der Waals surface area (Å²) in [5.74, 6) is -0.824. The van der Waals surface area contributed by atoms with Gasteiger partial charge in [-0.15, -0.1) is 12.4 Å². The maximum Gasteiger partial charge on any atom is 0.315 e. The molecule has 19 heavy (non-hydrogen) atoms. The molecule has 0 saturated carbocycles. The molecule has 0 atom stereocenters. The number of hydrogen-bond acceptors (Lipinski definition) is 4. The van der Waals surface area contributed by atoms with Crippen molar-refractivity contribution >= 4 is 41.0 Å². The lowest BCUT2D eigenvalue weighted by Gasteiger charge is -2.16. The van der Waals surface area contributed by atoms with Crippen LogP contribution in [0.15, 0.2) is 4.99 Å². The molecular formula is C12H24ClN3O2S. The maximum absolute atomic E-state index is 11.4. The van der Waals surface area contributed by atoms with Crippen molar-refractivity contribution in [2.75, 3.05) is 25.4 Å². The van der Waals surface area contributed by atoms with Crippen LogP contribution in [0.1, 0.15) is 27.7 Å². The van der Waals surface area contributed by atoms with E-state index in [0.29, 0.717) is 0 Å². The first-order valence-corrected chi connectivity index (χ1v) is 7.18. The molecule has 0 bridgehead atoms. The smallest absolute Gasteiger partial charge is 0.315 e. The number of rotatable bonds is 7. The van der Waals surface area contributed by atoms with Gasteiger partial charge in [-0.05, 0) is 13.1 Å². The van der Waals surface area contributed by atoms with Gasteiger partial charge in [0.25, 0.3) is 0 Å². The maximum atomic E-state index is 11.4. The molecule has 1 amide bonds. The van der Waals surface area contributed by atoms with Gasteiger partial charge in [0.15, 0.2) is 5.17 Å². The monoisotopic (exact) mass is 309 g/mol. The summed E-state index contributed by atoms with van der Waals surface area (Å²) in [5, 5.41) is 0.168. The van der Waals surface area contributed by atoms with Crippen LogP contribution in [0.2, 0.25) is 0 Å². The Morgan fingerprint density at radius 3 is 2.21 bits per heavy atom. The Balaban J connectivity index is 0. The highest BCUT2D eigenvalue weighted by Gasteiger charge is 2.17. The Morgan fingerprint density at radius 1 is 1.26 bits per heavy atom. The molecule has 5 nitrogen and oxygen atoms in total. The highest BCUT2D eigenvalue weighted by Crippen LogP contribution is 2.03. The molecule has 112 valence electrons. The first-order chi connectivity index (χ1) is 8.42. The molecule has 0 aliphatic carbocycles. The van der Waals surface area contributed by atoms with E-state index in [4.69, 9.17) is 5.73 Å². The van der Waals surface area contributed by atoms with Crippen molar-refractivity contribution < 1.29 is 9.59 Å². The van der Waals surface area contributed by atoms with Crippen molar-refractivity contribution in [2.45, 2.75) is 27.7 Å². The Kier molecular flexibility index (Phi) is 12.3. The van der Waals surface area contributed by atoms with E-state index in [2.05, 4.69) is 23.7 Å². The van der Waals surface area contributed by atoms with Gasteiger partial charge in [0.2, 0.25) is 5.78 Å². The van der Waals surface area contributed by atoms with Crippen molar-refractivity contribution in [2.24, 2.45) is 16.6 Å². The Labute approximate surface area is 125 Å². The second kappa shape index (κ2) is 11.3. The molecule has 0 fully saturated rings. The largest absolute Gasteiger partial charge is 0.378 e. The van der Waals surface area contributed by atoms with E-state index >= 15 is 0 Å². The minimum Gasteiger partial charge on any atom is -0.378 e. The molecule has 0 saturated heterocycles. The predicted octanol–water partition coefficient (Wildman–Crippen LogP) is 1.55.